The average Bonchev–Trinajstić information content (AvgIpc) is 3.29. The molecule has 2 aromatic rings. The van der Waals surface area contributed by atoms with E-state index < -0.39 is 16.1 Å². The van der Waals surface area contributed by atoms with Crippen molar-refractivity contribution in [1.29, 1.82) is 0 Å². The number of hydrogen-bond donors (Lipinski definition) is 0. The van der Waals surface area contributed by atoms with Gasteiger partial charge >= 0.3 is 0 Å². The van der Waals surface area contributed by atoms with Crippen molar-refractivity contribution in [2.45, 2.75) is 17.4 Å². The number of amides is 1. The minimum atomic E-state index is -3.67. The lowest BCUT2D eigenvalue weighted by Gasteiger charge is -2.27. The lowest BCUT2D eigenvalue weighted by molar-refractivity contribution is -0.121. The number of carbonyl (C=O) groups is 1. The zero-order valence-electron chi connectivity index (χ0n) is 13.5. The van der Waals surface area contributed by atoms with Crippen molar-refractivity contribution in [2.75, 3.05) is 23.1 Å². The third-order valence-electron chi connectivity index (χ3n) is 4.63. The average molecular weight is 374 g/mol. The Bertz CT molecular complexity index is 900. The van der Waals surface area contributed by atoms with Gasteiger partial charge < -0.3 is 4.90 Å². The van der Waals surface area contributed by atoms with Crippen LogP contribution in [0.2, 0.25) is 0 Å². The first kappa shape index (κ1) is 16.6. The molecule has 0 spiro atoms. The van der Waals surface area contributed by atoms with Crippen LogP contribution in [0, 0.1) is 0 Å². The molecule has 2 aromatic carbocycles. The molecule has 0 saturated carbocycles. The standard InChI is InChI=1S/C18H18N2O3S2/c21-18(19-11-10-14-6-4-5-9-16(14)19)17-12-24-13-20(17)25(22,23)15-7-2-1-3-8-15/h1-9,17H,10-13H2/t17-/m1/s1. The Balaban J connectivity index is 1.63. The Hall–Kier alpha value is -1.83. The fourth-order valence-corrected chi connectivity index (χ4v) is 6.49. The Labute approximate surface area is 151 Å². The summed E-state index contributed by atoms with van der Waals surface area (Å²) in [6.45, 7) is 0.610. The van der Waals surface area contributed by atoms with Crippen molar-refractivity contribution in [2.24, 2.45) is 0 Å². The highest BCUT2D eigenvalue weighted by atomic mass is 32.2. The van der Waals surface area contributed by atoms with Crippen LogP contribution in [0.1, 0.15) is 5.56 Å². The highest BCUT2D eigenvalue weighted by Crippen LogP contribution is 2.33. The van der Waals surface area contributed by atoms with Gasteiger partial charge in [-0.3, -0.25) is 4.79 Å². The molecule has 0 aromatic heterocycles. The van der Waals surface area contributed by atoms with Gasteiger partial charge in [0.05, 0.1) is 10.8 Å². The first-order valence-corrected chi connectivity index (χ1v) is 10.7. The van der Waals surface area contributed by atoms with Gasteiger partial charge in [-0.1, -0.05) is 36.4 Å². The number of hydrogen-bond acceptors (Lipinski definition) is 4. The summed E-state index contributed by atoms with van der Waals surface area (Å²) in [6.07, 6.45) is 0.813. The lowest BCUT2D eigenvalue weighted by Crippen LogP contribution is -2.48. The Morgan fingerprint density at radius 2 is 1.76 bits per heavy atom. The van der Waals surface area contributed by atoms with Gasteiger partial charge in [0.25, 0.3) is 0 Å². The monoisotopic (exact) mass is 374 g/mol. The molecule has 1 saturated heterocycles. The summed E-state index contributed by atoms with van der Waals surface area (Å²) in [5, 5.41) is 0. The number of thioether (sulfide) groups is 1. The second-order valence-electron chi connectivity index (χ2n) is 6.09. The first-order valence-electron chi connectivity index (χ1n) is 8.13. The zero-order chi connectivity index (χ0) is 17.4. The third-order valence-corrected chi connectivity index (χ3v) is 7.67. The van der Waals surface area contributed by atoms with Crippen molar-refractivity contribution < 1.29 is 13.2 Å². The third kappa shape index (κ3) is 2.86. The van der Waals surface area contributed by atoms with Crippen molar-refractivity contribution in [3.8, 4) is 0 Å². The zero-order valence-corrected chi connectivity index (χ0v) is 15.2. The van der Waals surface area contributed by atoms with E-state index in [0.717, 1.165) is 17.7 Å². The summed E-state index contributed by atoms with van der Waals surface area (Å²) < 4.78 is 27.2. The summed E-state index contributed by atoms with van der Waals surface area (Å²) in [5.41, 5.74) is 2.04. The molecule has 1 amide bonds. The molecule has 2 heterocycles. The van der Waals surface area contributed by atoms with Crippen molar-refractivity contribution in [3.05, 3.63) is 60.2 Å². The van der Waals surface area contributed by atoms with Crippen LogP contribution in [-0.4, -0.2) is 42.8 Å². The fourth-order valence-electron chi connectivity index (χ4n) is 3.33. The molecule has 25 heavy (non-hydrogen) atoms. The van der Waals surface area contributed by atoms with Crippen LogP contribution in [0.25, 0.3) is 0 Å². The maximum absolute atomic E-state index is 13.1. The van der Waals surface area contributed by atoms with E-state index in [9.17, 15) is 13.2 Å². The molecule has 4 rings (SSSR count). The van der Waals surface area contributed by atoms with Crippen LogP contribution < -0.4 is 4.90 Å². The Morgan fingerprint density at radius 3 is 2.56 bits per heavy atom. The van der Waals surface area contributed by atoms with Crippen LogP contribution in [0.5, 0.6) is 0 Å². The summed E-state index contributed by atoms with van der Waals surface area (Å²) in [7, 11) is -3.67. The number of sulfonamides is 1. The minimum absolute atomic E-state index is 0.130. The quantitative estimate of drug-likeness (QED) is 0.827. The molecule has 1 fully saturated rings. The number of carbonyl (C=O) groups excluding carboxylic acids is 1. The highest BCUT2D eigenvalue weighted by Gasteiger charge is 2.42. The first-order chi connectivity index (χ1) is 12.1. The maximum Gasteiger partial charge on any atom is 0.246 e. The van der Waals surface area contributed by atoms with E-state index in [0.29, 0.717) is 18.2 Å². The topological polar surface area (TPSA) is 57.7 Å². The number of fused-ring (bicyclic) bond motifs is 1. The smallest absolute Gasteiger partial charge is 0.246 e. The van der Waals surface area contributed by atoms with E-state index in [4.69, 9.17) is 0 Å². The second-order valence-corrected chi connectivity index (χ2v) is 8.98. The van der Waals surface area contributed by atoms with Gasteiger partial charge in [0.1, 0.15) is 6.04 Å². The summed E-state index contributed by atoms with van der Waals surface area (Å²) in [4.78, 5) is 15.1. The fraction of sp³-hybridized carbons (Fsp3) is 0.278. The van der Waals surface area contributed by atoms with Crippen LogP contribution in [-0.2, 0) is 21.2 Å². The number of nitrogens with zero attached hydrogens (tertiary/aromatic N) is 2. The normalized spacial score (nSPS) is 20.6. The van der Waals surface area contributed by atoms with Gasteiger partial charge in [-0.2, -0.15) is 4.31 Å². The molecule has 2 aliphatic rings. The molecular weight excluding hydrogens is 356 g/mol. The Morgan fingerprint density at radius 1 is 1.04 bits per heavy atom. The molecule has 130 valence electrons. The molecule has 7 heteroatoms. The van der Waals surface area contributed by atoms with Crippen LogP contribution in [0.15, 0.2) is 59.5 Å². The highest BCUT2D eigenvalue weighted by molar-refractivity contribution is 8.00. The van der Waals surface area contributed by atoms with E-state index in [1.807, 2.05) is 24.3 Å². The number of para-hydroxylation sites is 1. The molecule has 0 bridgehead atoms. The predicted octanol–water partition coefficient (Wildman–Crippen LogP) is 2.34. The van der Waals surface area contributed by atoms with E-state index in [1.54, 1.807) is 35.2 Å². The molecule has 5 nitrogen and oxygen atoms in total. The van der Waals surface area contributed by atoms with Gasteiger partial charge in [0, 0.05) is 18.0 Å². The molecule has 0 N–H and O–H groups in total. The Kier molecular flexibility index (Phi) is 4.31. The molecule has 0 unspecified atom stereocenters. The van der Waals surface area contributed by atoms with Crippen molar-refractivity contribution in [3.63, 3.8) is 0 Å². The second kappa shape index (κ2) is 6.48. The van der Waals surface area contributed by atoms with Gasteiger partial charge in [-0.15, -0.1) is 11.8 Å². The van der Waals surface area contributed by atoms with E-state index in [-0.39, 0.29) is 10.8 Å². The predicted molar refractivity (Wildman–Crippen MR) is 99.1 cm³/mol. The van der Waals surface area contributed by atoms with Gasteiger partial charge in [-0.25, -0.2) is 8.42 Å². The van der Waals surface area contributed by atoms with Gasteiger partial charge in [0.15, 0.2) is 0 Å². The van der Waals surface area contributed by atoms with Crippen LogP contribution >= 0.6 is 11.8 Å². The molecule has 0 radical (unpaired) electrons. The van der Waals surface area contributed by atoms with Crippen LogP contribution in [0.3, 0.4) is 0 Å². The van der Waals surface area contributed by atoms with E-state index >= 15 is 0 Å². The molecule has 1 atom stereocenters. The van der Waals surface area contributed by atoms with E-state index in [2.05, 4.69) is 0 Å². The van der Waals surface area contributed by atoms with Crippen LogP contribution in [0.4, 0.5) is 5.69 Å². The number of anilines is 1. The molecule has 2 aliphatic heterocycles. The van der Waals surface area contributed by atoms with Crippen molar-refractivity contribution in [1.82, 2.24) is 4.31 Å². The van der Waals surface area contributed by atoms with E-state index in [1.165, 1.54) is 16.1 Å². The largest absolute Gasteiger partial charge is 0.310 e. The minimum Gasteiger partial charge on any atom is -0.310 e. The summed E-state index contributed by atoms with van der Waals surface area (Å²) in [6, 6.07) is 15.5. The summed E-state index contributed by atoms with van der Waals surface area (Å²) in [5.74, 6) is 0.668. The van der Waals surface area contributed by atoms with Crippen molar-refractivity contribution >= 4 is 33.4 Å². The maximum atomic E-state index is 13.1. The molecule has 0 aliphatic carbocycles. The lowest BCUT2D eigenvalue weighted by atomic mass is 10.2. The number of benzene rings is 2. The summed E-state index contributed by atoms with van der Waals surface area (Å²) >= 11 is 1.48. The molecular formula is C18H18N2O3S2. The van der Waals surface area contributed by atoms with Gasteiger partial charge in [-0.05, 0) is 30.2 Å². The van der Waals surface area contributed by atoms with Gasteiger partial charge in [0.2, 0.25) is 15.9 Å². The SMILES string of the molecule is O=C([C@H]1CSCN1S(=O)(=O)c1ccccc1)N1CCc2ccccc21. The number of rotatable bonds is 3.